The summed E-state index contributed by atoms with van der Waals surface area (Å²) in [5, 5.41) is 9.27. The zero-order valence-corrected chi connectivity index (χ0v) is 13.4. The molecule has 0 aromatic heterocycles. The minimum absolute atomic E-state index is 0.00755. The van der Waals surface area contributed by atoms with Crippen molar-refractivity contribution in [2.75, 3.05) is 6.61 Å². The van der Waals surface area contributed by atoms with Crippen molar-refractivity contribution in [1.82, 2.24) is 0 Å². The van der Waals surface area contributed by atoms with Crippen LogP contribution < -0.4 is 0 Å². The van der Waals surface area contributed by atoms with E-state index in [1.807, 2.05) is 13.0 Å². The van der Waals surface area contributed by atoms with Gasteiger partial charge in [-0.25, -0.2) is 4.79 Å². The molecule has 0 aromatic carbocycles. The Kier molecular flexibility index (Phi) is 5.06. The number of carbonyl (C=O) groups is 2. The van der Waals surface area contributed by atoms with E-state index in [4.69, 9.17) is 9.47 Å². The predicted molar refractivity (Wildman–Crippen MR) is 80.8 cm³/mol. The van der Waals surface area contributed by atoms with E-state index < -0.39 is 0 Å². The molecule has 22 heavy (non-hydrogen) atoms. The molecule has 2 rings (SSSR count). The molecule has 5 nitrogen and oxygen atoms in total. The van der Waals surface area contributed by atoms with Crippen LogP contribution in [0, 0.1) is 17.8 Å². The van der Waals surface area contributed by atoms with Gasteiger partial charge in [0, 0.05) is 37.4 Å². The Labute approximate surface area is 131 Å². The van der Waals surface area contributed by atoms with Gasteiger partial charge in [0.25, 0.3) is 0 Å². The van der Waals surface area contributed by atoms with Crippen molar-refractivity contribution in [2.45, 2.75) is 45.8 Å². The number of fused-ring (bicyclic) bond motifs is 1. The van der Waals surface area contributed by atoms with E-state index >= 15 is 0 Å². The molecule has 0 saturated carbocycles. The van der Waals surface area contributed by atoms with Crippen LogP contribution >= 0.6 is 0 Å². The number of carbonyl (C=O) groups excluding carboxylic acids is 2. The Balaban J connectivity index is 2.29. The van der Waals surface area contributed by atoms with Gasteiger partial charge in [0.1, 0.15) is 12.2 Å². The normalized spacial score (nSPS) is 32.6. The zero-order valence-electron chi connectivity index (χ0n) is 13.4. The summed E-state index contributed by atoms with van der Waals surface area (Å²) in [7, 11) is 0. The number of hydrogen-bond acceptors (Lipinski definition) is 5. The molecule has 1 heterocycles. The minimum atomic E-state index is -0.364. The van der Waals surface area contributed by atoms with E-state index in [1.165, 1.54) is 6.92 Å². The molecule has 1 N–H and O–H groups in total. The van der Waals surface area contributed by atoms with Gasteiger partial charge in [-0.05, 0) is 19.3 Å². The Hall–Kier alpha value is -1.62. The summed E-state index contributed by atoms with van der Waals surface area (Å²) in [5.41, 5.74) is 1.54. The highest BCUT2D eigenvalue weighted by molar-refractivity contribution is 5.91. The van der Waals surface area contributed by atoms with Gasteiger partial charge >= 0.3 is 11.9 Å². The average Bonchev–Trinajstić information content (AvgIpc) is 2.60. The first-order valence-corrected chi connectivity index (χ1v) is 7.71. The largest absolute Gasteiger partial charge is 0.462 e. The minimum Gasteiger partial charge on any atom is -0.462 e. The molecule has 0 bridgehead atoms. The highest BCUT2D eigenvalue weighted by atomic mass is 16.6. The maximum Gasteiger partial charge on any atom is 0.334 e. The third kappa shape index (κ3) is 3.24. The molecule has 1 saturated heterocycles. The molecule has 0 spiro atoms. The van der Waals surface area contributed by atoms with Crippen molar-refractivity contribution >= 4 is 11.9 Å². The molecule has 122 valence electrons. The lowest BCUT2D eigenvalue weighted by Gasteiger charge is -2.31. The summed E-state index contributed by atoms with van der Waals surface area (Å²) < 4.78 is 10.8. The first-order valence-electron chi connectivity index (χ1n) is 7.71. The van der Waals surface area contributed by atoms with Crippen LogP contribution in [0.2, 0.25) is 0 Å². The van der Waals surface area contributed by atoms with E-state index in [-0.39, 0.29) is 48.5 Å². The van der Waals surface area contributed by atoms with Crippen molar-refractivity contribution < 1.29 is 24.2 Å². The number of esters is 2. The van der Waals surface area contributed by atoms with Gasteiger partial charge in [-0.1, -0.05) is 25.2 Å². The van der Waals surface area contributed by atoms with Crippen molar-refractivity contribution in [1.29, 1.82) is 0 Å². The maximum atomic E-state index is 11.7. The van der Waals surface area contributed by atoms with Gasteiger partial charge in [-0.15, -0.1) is 0 Å². The number of aliphatic hydroxyl groups is 1. The molecular weight excluding hydrogens is 284 g/mol. The summed E-state index contributed by atoms with van der Waals surface area (Å²) in [6, 6.07) is 0. The summed E-state index contributed by atoms with van der Waals surface area (Å²) >= 11 is 0. The summed E-state index contributed by atoms with van der Waals surface area (Å²) in [5.74, 6) is -0.601. The van der Waals surface area contributed by atoms with Gasteiger partial charge in [0.05, 0.1) is 0 Å². The fourth-order valence-electron chi connectivity index (χ4n) is 3.72. The Bertz CT molecular complexity index is 507. The Morgan fingerprint density at radius 3 is 2.86 bits per heavy atom. The molecule has 5 atom stereocenters. The van der Waals surface area contributed by atoms with Crippen LogP contribution in [-0.2, 0) is 19.1 Å². The van der Waals surface area contributed by atoms with Crippen LogP contribution in [0.5, 0.6) is 0 Å². The second kappa shape index (κ2) is 6.65. The standard InChI is InChI=1S/C17H24O5/c1-9-7-13-11(3)17(20)22-15(13)8-10(2)16(9)14(5-6-18)21-12(4)19/h7,10,13-16,18H,3,5-6,8H2,1-2,4H3/t10-,13-,14+,15-,16-/m1/s1. The van der Waals surface area contributed by atoms with Gasteiger partial charge in [0.15, 0.2) is 0 Å². The molecule has 1 aliphatic heterocycles. The first kappa shape index (κ1) is 16.7. The molecule has 2 aliphatic rings. The van der Waals surface area contributed by atoms with Crippen molar-refractivity contribution in [3.8, 4) is 0 Å². The fourth-order valence-corrected chi connectivity index (χ4v) is 3.72. The quantitative estimate of drug-likeness (QED) is 0.488. The van der Waals surface area contributed by atoms with Gasteiger partial charge in [0.2, 0.25) is 0 Å². The van der Waals surface area contributed by atoms with Crippen LogP contribution in [0.15, 0.2) is 23.8 Å². The maximum absolute atomic E-state index is 11.7. The number of ether oxygens (including phenoxy) is 2. The smallest absolute Gasteiger partial charge is 0.334 e. The number of hydrogen-bond donors (Lipinski definition) is 1. The van der Waals surface area contributed by atoms with Crippen molar-refractivity contribution in [3.63, 3.8) is 0 Å². The monoisotopic (exact) mass is 308 g/mol. The Morgan fingerprint density at radius 1 is 1.59 bits per heavy atom. The highest BCUT2D eigenvalue weighted by Crippen LogP contribution is 2.41. The topological polar surface area (TPSA) is 72.8 Å². The van der Waals surface area contributed by atoms with Crippen LogP contribution in [0.1, 0.15) is 33.6 Å². The van der Waals surface area contributed by atoms with Crippen LogP contribution in [0.3, 0.4) is 0 Å². The van der Waals surface area contributed by atoms with Gasteiger partial charge < -0.3 is 14.6 Å². The van der Waals surface area contributed by atoms with E-state index in [9.17, 15) is 14.7 Å². The highest BCUT2D eigenvalue weighted by Gasteiger charge is 2.43. The number of rotatable bonds is 4. The molecule has 0 amide bonds. The second-order valence-corrected chi connectivity index (χ2v) is 6.30. The first-order chi connectivity index (χ1) is 10.3. The third-order valence-electron chi connectivity index (χ3n) is 4.64. The Morgan fingerprint density at radius 2 is 2.27 bits per heavy atom. The summed E-state index contributed by atoms with van der Waals surface area (Å²) in [4.78, 5) is 23.0. The SMILES string of the molecule is C=C1C(=O)O[C@@H]2C[C@@H](C)[C@H]([C@H](CCO)OC(C)=O)C(C)=C[C@H]12. The lowest BCUT2D eigenvalue weighted by Crippen LogP contribution is -2.33. The average molecular weight is 308 g/mol. The second-order valence-electron chi connectivity index (χ2n) is 6.30. The predicted octanol–water partition coefficient (Wildman–Crippen LogP) is 2.00. The lowest BCUT2D eigenvalue weighted by atomic mass is 9.81. The van der Waals surface area contributed by atoms with Crippen molar-refractivity contribution in [3.05, 3.63) is 23.8 Å². The number of aliphatic hydroxyl groups excluding tert-OH is 1. The third-order valence-corrected chi connectivity index (χ3v) is 4.64. The zero-order chi connectivity index (χ0) is 16.4. The van der Waals surface area contributed by atoms with E-state index in [2.05, 4.69) is 13.5 Å². The van der Waals surface area contributed by atoms with E-state index in [1.54, 1.807) is 0 Å². The lowest BCUT2D eigenvalue weighted by molar-refractivity contribution is -0.150. The van der Waals surface area contributed by atoms with Crippen LogP contribution in [0.25, 0.3) is 0 Å². The van der Waals surface area contributed by atoms with Crippen molar-refractivity contribution in [2.24, 2.45) is 17.8 Å². The van der Waals surface area contributed by atoms with Crippen LogP contribution in [-0.4, -0.2) is 35.9 Å². The summed E-state index contributed by atoms with van der Waals surface area (Å²) in [6.07, 6.45) is 2.55. The molecule has 0 aromatic rings. The molecule has 1 fully saturated rings. The molecule has 0 radical (unpaired) electrons. The molecule has 0 unspecified atom stereocenters. The summed E-state index contributed by atoms with van der Waals surface area (Å²) in [6.45, 7) is 9.21. The van der Waals surface area contributed by atoms with Crippen LogP contribution in [0.4, 0.5) is 0 Å². The van der Waals surface area contributed by atoms with Gasteiger partial charge in [-0.3, -0.25) is 4.79 Å². The van der Waals surface area contributed by atoms with E-state index in [0.29, 0.717) is 18.4 Å². The fraction of sp³-hybridized carbons (Fsp3) is 0.647. The van der Waals surface area contributed by atoms with Gasteiger partial charge in [-0.2, -0.15) is 0 Å². The molecule has 1 aliphatic carbocycles. The van der Waals surface area contributed by atoms with E-state index in [0.717, 1.165) is 5.57 Å². The molecule has 5 heteroatoms. The molecular formula is C17H24O5.